The fourth-order valence-electron chi connectivity index (χ4n) is 3.94. The van der Waals surface area contributed by atoms with Gasteiger partial charge < -0.3 is 10.1 Å². The lowest BCUT2D eigenvalue weighted by molar-refractivity contribution is -0.125. The van der Waals surface area contributed by atoms with E-state index in [9.17, 15) is 9.59 Å². The zero-order chi connectivity index (χ0) is 23.7. The van der Waals surface area contributed by atoms with Crippen LogP contribution in [0.15, 0.2) is 78.2 Å². The predicted molar refractivity (Wildman–Crippen MR) is 135 cm³/mol. The van der Waals surface area contributed by atoms with Crippen molar-refractivity contribution < 1.29 is 14.3 Å². The van der Waals surface area contributed by atoms with E-state index in [0.29, 0.717) is 11.4 Å². The summed E-state index contributed by atoms with van der Waals surface area (Å²) in [6.45, 7) is 3.55. The number of aromatic nitrogens is 1. The minimum Gasteiger partial charge on any atom is -0.482 e. The van der Waals surface area contributed by atoms with Crippen LogP contribution >= 0.6 is 11.3 Å². The minimum atomic E-state index is -0.722. The van der Waals surface area contributed by atoms with E-state index < -0.39 is 6.04 Å². The molecule has 1 aliphatic heterocycles. The lowest BCUT2D eigenvalue weighted by Gasteiger charge is -2.33. The summed E-state index contributed by atoms with van der Waals surface area (Å²) in [6, 6.07) is 22.5. The van der Waals surface area contributed by atoms with Gasteiger partial charge in [0.1, 0.15) is 16.8 Å². The maximum Gasteiger partial charge on any atom is 0.265 e. The molecule has 1 aliphatic rings. The number of carbonyl (C=O) groups is 2. The molecular formula is C27H23N3O3S. The Bertz CT molecular complexity index is 1370. The van der Waals surface area contributed by atoms with Gasteiger partial charge in [-0.05, 0) is 43.7 Å². The highest BCUT2D eigenvalue weighted by molar-refractivity contribution is 7.13. The number of fused-ring (bicyclic) bond motifs is 1. The molecule has 2 amide bonds. The van der Waals surface area contributed by atoms with E-state index in [1.807, 2.05) is 85.1 Å². The van der Waals surface area contributed by atoms with Crippen LogP contribution < -0.4 is 15.0 Å². The van der Waals surface area contributed by atoms with Gasteiger partial charge in [-0.1, -0.05) is 48.5 Å². The van der Waals surface area contributed by atoms with E-state index in [-0.39, 0.29) is 18.4 Å². The van der Waals surface area contributed by atoms with Gasteiger partial charge in [0.15, 0.2) is 6.61 Å². The molecule has 2 heterocycles. The quantitative estimate of drug-likeness (QED) is 0.417. The fourth-order valence-corrected chi connectivity index (χ4v) is 4.78. The van der Waals surface area contributed by atoms with Crippen molar-refractivity contribution in [1.82, 2.24) is 4.98 Å². The molecule has 3 aromatic carbocycles. The average molecular weight is 470 g/mol. The van der Waals surface area contributed by atoms with Crippen molar-refractivity contribution in [2.45, 2.75) is 19.9 Å². The van der Waals surface area contributed by atoms with Gasteiger partial charge in [-0.25, -0.2) is 4.98 Å². The molecule has 7 heteroatoms. The van der Waals surface area contributed by atoms with E-state index in [0.717, 1.165) is 33.1 Å². The third-order valence-corrected chi connectivity index (χ3v) is 6.72. The van der Waals surface area contributed by atoms with Crippen molar-refractivity contribution >= 4 is 34.5 Å². The number of nitrogens with zero attached hydrogens (tertiary/aromatic N) is 2. The van der Waals surface area contributed by atoms with E-state index in [1.165, 1.54) is 4.90 Å². The molecule has 170 valence electrons. The Balaban J connectivity index is 1.45. The topological polar surface area (TPSA) is 71.5 Å². The summed E-state index contributed by atoms with van der Waals surface area (Å²) in [5.74, 6) is 0.0404. The lowest BCUT2D eigenvalue weighted by atomic mass is 10.1. The first-order chi connectivity index (χ1) is 16.5. The largest absolute Gasteiger partial charge is 0.482 e. The standard InChI is InChI=1S/C27H23N3O3S/c1-17-8-6-7-11-21(17)28-26(32)18(2)30-23-14-20(12-13-24(23)33-15-25(30)31)22-16-34-27(29-22)19-9-4-3-5-10-19/h3-14,16,18H,15H2,1-2H3,(H,28,32). The predicted octanol–water partition coefficient (Wildman–Crippen LogP) is 5.54. The van der Waals surface area contributed by atoms with Crippen LogP contribution in [0.5, 0.6) is 5.75 Å². The molecular weight excluding hydrogens is 446 g/mol. The third-order valence-electron chi connectivity index (χ3n) is 5.83. The van der Waals surface area contributed by atoms with Crippen LogP contribution in [-0.2, 0) is 9.59 Å². The Morgan fingerprint density at radius 3 is 2.62 bits per heavy atom. The fraction of sp³-hybridized carbons (Fsp3) is 0.148. The van der Waals surface area contributed by atoms with E-state index in [1.54, 1.807) is 18.3 Å². The zero-order valence-electron chi connectivity index (χ0n) is 18.8. The number of anilines is 2. The van der Waals surface area contributed by atoms with Gasteiger partial charge in [0.25, 0.3) is 5.91 Å². The van der Waals surface area contributed by atoms with E-state index in [2.05, 4.69) is 5.32 Å². The summed E-state index contributed by atoms with van der Waals surface area (Å²) >= 11 is 1.56. The third kappa shape index (κ3) is 4.18. The summed E-state index contributed by atoms with van der Waals surface area (Å²) in [7, 11) is 0. The van der Waals surface area contributed by atoms with Crippen molar-refractivity contribution in [2.24, 2.45) is 0 Å². The number of para-hydroxylation sites is 1. The van der Waals surface area contributed by atoms with Gasteiger partial charge in [-0.3, -0.25) is 14.5 Å². The number of nitrogens with one attached hydrogen (secondary N) is 1. The Labute approximate surface area is 201 Å². The maximum absolute atomic E-state index is 13.1. The van der Waals surface area contributed by atoms with Crippen LogP contribution in [0.2, 0.25) is 0 Å². The number of aryl methyl sites for hydroxylation is 1. The number of carbonyl (C=O) groups excluding carboxylic acids is 2. The summed E-state index contributed by atoms with van der Waals surface area (Å²) in [6.07, 6.45) is 0. The Morgan fingerprint density at radius 1 is 1.06 bits per heavy atom. The average Bonchev–Trinajstić information content (AvgIpc) is 3.36. The number of rotatable bonds is 5. The van der Waals surface area contributed by atoms with Crippen LogP contribution in [0.3, 0.4) is 0 Å². The van der Waals surface area contributed by atoms with E-state index in [4.69, 9.17) is 9.72 Å². The van der Waals surface area contributed by atoms with Crippen LogP contribution in [0, 0.1) is 6.92 Å². The zero-order valence-corrected chi connectivity index (χ0v) is 19.6. The first kappa shape index (κ1) is 21.9. The molecule has 0 saturated carbocycles. The van der Waals surface area contributed by atoms with Crippen LogP contribution in [-0.4, -0.2) is 29.4 Å². The molecule has 34 heavy (non-hydrogen) atoms. The number of amides is 2. The van der Waals surface area contributed by atoms with Crippen molar-refractivity contribution in [3.05, 3.63) is 83.7 Å². The minimum absolute atomic E-state index is 0.108. The molecule has 1 unspecified atom stereocenters. The van der Waals surface area contributed by atoms with Crippen molar-refractivity contribution in [3.8, 4) is 27.6 Å². The van der Waals surface area contributed by atoms with Crippen molar-refractivity contribution in [3.63, 3.8) is 0 Å². The molecule has 1 atom stereocenters. The van der Waals surface area contributed by atoms with E-state index >= 15 is 0 Å². The number of thiazole rings is 1. The molecule has 5 rings (SSSR count). The number of ether oxygens (including phenoxy) is 1. The highest BCUT2D eigenvalue weighted by Crippen LogP contribution is 2.38. The first-order valence-electron chi connectivity index (χ1n) is 11.0. The Morgan fingerprint density at radius 2 is 1.82 bits per heavy atom. The molecule has 0 radical (unpaired) electrons. The van der Waals surface area contributed by atoms with Gasteiger partial charge in [0.05, 0.1) is 11.4 Å². The number of hydrogen-bond acceptors (Lipinski definition) is 5. The smallest absolute Gasteiger partial charge is 0.265 e. The summed E-state index contributed by atoms with van der Waals surface area (Å²) in [5.41, 5.74) is 4.96. The highest BCUT2D eigenvalue weighted by Gasteiger charge is 2.33. The van der Waals surface area contributed by atoms with Crippen molar-refractivity contribution in [2.75, 3.05) is 16.8 Å². The van der Waals surface area contributed by atoms with Gasteiger partial charge in [-0.15, -0.1) is 11.3 Å². The molecule has 0 fully saturated rings. The highest BCUT2D eigenvalue weighted by atomic mass is 32.1. The van der Waals surface area contributed by atoms with Gasteiger partial charge >= 0.3 is 0 Å². The molecule has 1 aromatic heterocycles. The Kier molecular flexibility index (Phi) is 5.86. The molecule has 0 aliphatic carbocycles. The SMILES string of the molecule is Cc1ccccc1NC(=O)C(C)N1C(=O)COc2ccc(-c3csc(-c4ccccc4)n3)cc21. The molecule has 0 spiro atoms. The maximum atomic E-state index is 13.1. The molecule has 0 saturated heterocycles. The second-order valence-corrected chi connectivity index (χ2v) is 8.98. The molecule has 4 aromatic rings. The summed E-state index contributed by atoms with van der Waals surface area (Å²) < 4.78 is 5.66. The summed E-state index contributed by atoms with van der Waals surface area (Å²) in [5, 5.41) is 5.86. The number of hydrogen-bond donors (Lipinski definition) is 1. The lowest BCUT2D eigenvalue weighted by Crippen LogP contribution is -2.49. The van der Waals surface area contributed by atoms with Crippen LogP contribution in [0.1, 0.15) is 12.5 Å². The normalized spacial score (nSPS) is 13.7. The Hall–Kier alpha value is -3.97. The molecule has 1 N–H and O–H groups in total. The second kappa shape index (κ2) is 9.11. The van der Waals surface area contributed by atoms with Gasteiger partial charge in [0.2, 0.25) is 5.91 Å². The molecule has 6 nitrogen and oxygen atoms in total. The first-order valence-corrected chi connectivity index (χ1v) is 11.9. The van der Waals surface area contributed by atoms with Gasteiger partial charge in [-0.2, -0.15) is 0 Å². The van der Waals surface area contributed by atoms with Crippen LogP contribution in [0.25, 0.3) is 21.8 Å². The number of benzene rings is 3. The monoisotopic (exact) mass is 469 g/mol. The second-order valence-electron chi connectivity index (χ2n) is 8.12. The van der Waals surface area contributed by atoms with Crippen LogP contribution in [0.4, 0.5) is 11.4 Å². The van der Waals surface area contributed by atoms with Gasteiger partial charge in [0, 0.05) is 22.2 Å². The summed E-state index contributed by atoms with van der Waals surface area (Å²) in [4.78, 5) is 32.2. The van der Waals surface area contributed by atoms with Crippen molar-refractivity contribution in [1.29, 1.82) is 0 Å². The molecule has 0 bridgehead atoms.